The molecule has 4 rings (SSSR count). The van der Waals surface area contributed by atoms with Gasteiger partial charge in [-0.2, -0.15) is 0 Å². The van der Waals surface area contributed by atoms with Crippen molar-refractivity contribution in [2.45, 2.75) is 25.3 Å². The molecule has 25 heavy (non-hydrogen) atoms. The van der Waals surface area contributed by atoms with Crippen molar-refractivity contribution in [3.05, 3.63) is 45.8 Å². The standard InChI is InChI=1S/C16H18N6O3/c23-16(14-10-21(19-18-14)12-3-6-17-7-4-12)20-8-5-11-1-2-13(22(24)25)9-15(11)20/h1-2,9-10,12,17H,3-8H2. The van der Waals surface area contributed by atoms with Crippen LogP contribution >= 0.6 is 0 Å². The van der Waals surface area contributed by atoms with Crippen molar-refractivity contribution in [1.29, 1.82) is 0 Å². The first-order chi connectivity index (χ1) is 12.1. The van der Waals surface area contributed by atoms with Gasteiger partial charge in [0.25, 0.3) is 11.6 Å². The van der Waals surface area contributed by atoms with Gasteiger partial charge >= 0.3 is 0 Å². The van der Waals surface area contributed by atoms with Gasteiger partial charge < -0.3 is 10.2 Å². The lowest BCUT2D eigenvalue weighted by molar-refractivity contribution is -0.384. The van der Waals surface area contributed by atoms with E-state index in [1.807, 2.05) is 0 Å². The van der Waals surface area contributed by atoms with Gasteiger partial charge in [-0.3, -0.25) is 14.9 Å². The van der Waals surface area contributed by atoms with Crippen LogP contribution in [0.2, 0.25) is 0 Å². The van der Waals surface area contributed by atoms with Crippen LogP contribution in [0.25, 0.3) is 0 Å². The van der Waals surface area contributed by atoms with E-state index in [0.29, 0.717) is 18.7 Å². The topological polar surface area (TPSA) is 106 Å². The molecule has 130 valence electrons. The maximum atomic E-state index is 12.8. The number of benzene rings is 1. The number of hydrogen-bond acceptors (Lipinski definition) is 6. The van der Waals surface area contributed by atoms with E-state index in [9.17, 15) is 14.9 Å². The molecule has 9 nitrogen and oxygen atoms in total. The van der Waals surface area contributed by atoms with Gasteiger partial charge in [-0.25, -0.2) is 4.68 Å². The van der Waals surface area contributed by atoms with Gasteiger partial charge in [0, 0.05) is 18.7 Å². The molecule has 2 aromatic rings. The van der Waals surface area contributed by atoms with E-state index in [1.165, 1.54) is 12.1 Å². The monoisotopic (exact) mass is 342 g/mol. The fourth-order valence-electron chi connectivity index (χ4n) is 3.45. The highest BCUT2D eigenvalue weighted by Gasteiger charge is 2.29. The van der Waals surface area contributed by atoms with Crippen molar-refractivity contribution in [3.8, 4) is 0 Å². The minimum absolute atomic E-state index is 0.0168. The maximum absolute atomic E-state index is 12.8. The molecule has 0 unspecified atom stereocenters. The number of nitro groups is 1. The molecule has 1 fully saturated rings. The second kappa shape index (κ2) is 6.25. The van der Waals surface area contributed by atoms with Crippen molar-refractivity contribution >= 4 is 17.3 Å². The molecule has 9 heteroatoms. The molecule has 0 aliphatic carbocycles. The molecule has 0 bridgehead atoms. The number of nitrogens with zero attached hydrogens (tertiary/aromatic N) is 5. The average molecular weight is 342 g/mol. The first-order valence-electron chi connectivity index (χ1n) is 8.35. The fraction of sp³-hybridized carbons (Fsp3) is 0.438. The normalized spacial score (nSPS) is 17.5. The number of amides is 1. The molecule has 2 aliphatic rings. The average Bonchev–Trinajstić information content (AvgIpc) is 3.28. The molecule has 0 spiro atoms. The SMILES string of the molecule is O=C(c1cn(C2CCNCC2)nn1)N1CCc2ccc([N+](=O)[O-])cc21. The summed E-state index contributed by atoms with van der Waals surface area (Å²) in [5, 5.41) is 22.4. The Morgan fingerprint density at radius 2 is 2.12 bits per heavy atom. The lowest BCUT2D eigenvalue weighted by Gasteiger charge is -2.22. The highest BCUT2D eigenvalue weighted by Crippen LogP contribution is 2.32. The Kier molecular flexibility index (Phi) is 3.92. The summed E-state index contributed by atoms with van der Waals surface area (Å²) in [6.07, 6.45) is 4.28. The number of carbonyl (C=O) groups excluding carboxylic acids is 1. The quantitative estimate of drug-likeness (QED) is 0.666. The Balaban J connectivity index is 1.58. The molecule has 0 saturated carbocycles. The molecular weight excluding hydrogens is 324 g/mol. The van der Waals surface area contributed by atoms with E-state index >= 15 is 0 Å². The molecule has 1 saturated heterocycles. The fourth-order valence-corrected chi connectivity index (χ4v) is 3.45. The van der Waals surface area contributed by atoms with E-state index in [2.05, 4.69) is 15.6 Å². The Morgan fingerprint density at radius 3 is 2.88 bits per heavy atom. The van der Waals surface area contributed by atoms with Crippen LogP contribution in [0.1, 0.15) is 34.9 Å². The van der Waals surface area contributed by atoms with Crippen LogP contribution < -0.4 is 10.2 Å². The van der Waals surface area contributed by atoms with Gasteiger partial charge in [-0.1, -0.05) is 11.3 Å². The maximum Gasteiger partial charge on any atom is 0.280 e. The third-order valence-electron chi connectivity index (χ3n) is 4.83. The van der Waals surface area contributed by atoms with E-state index in [-0.39, 0.29) is 23.3 Å². The van der Waals surface area contributed by atoms with Crippen LogP contribution in [0.3, 0.4) is 0 Å². The number of hydrogen-bond donors (Lipinski definition) is 1. The first-order valence-corrected chi connectivity index (χ1v) is 8.35. The lowest BCUT2D eigenvalue weighted by atomic mass is 10.1. The van der Waals surface area contributed by atoms with Crippen molar-refractivity contribution < 1.29 is 9.72 Å². The predicted molar refractivity (Wildman–Crippen MR) is 89.6 cm³/mol. The molecule has 0 radical (unpaired) electrons. The number of nitro benzene ring substituents is 1. The second-order valence-corrected chi connectivity index (χ2v) is 6.34. The number of carbonyl (C=O) groups is 1. The summed E-state index contributed by atoms with van der Waals surface area (Å²) < 4.78 is 1.76. The molecule has 1 aromatic carbocycles. The number of fused-ring (bicyclic) bond motifs is 1. The Labute approximate surface area is 143 Å². The number of non-ortho nitro benzene ring substituents is 1. The van der Waals surface area contributed by atoms with Crippen molar-refractivity contribution in [2.75, 3.05) is 24.5 Å². The van der Waals surface area contributed by atoms with Crippen LogP contribution in [0, 0.1) is 10.1 Å². The largest absolute Gasteiger partial charge is 0.317 e. The third-order valence-corrected chi connectivity index (χ3v) is 4.83. The molecule has 1 amide bonds. The summed E-state index contributed by atoms with van der Waals surface area (Å²) in [6.45, 7) is 2.35. The zero-order chi connectivity index (χ0) is 17.4. The number of piperidine rings is 1. The highest BCUT2D eigenvalue weighted by molar-refractivity contribution is 6.06. The Bertz CT molecular complexity index is 827. The van der Waals surface area contributed by atoms with E-state index < -0.39 is 4.92 Å². The number of anilines is 1. The summed E-state index contributed by atoms with van der Waals surface area (Å²) >= 11 is 0. The predicted octanol–water partition coefficient (Wildman–Crippen LogP) is 1.31. The Hall–Kier alpha value is -2.81. The van der Waals surface area contributed by atoms with Gasteiger partial charge in [0.15, 0.2) is 5.69 Å². The molecule has 1 N–H and O–H groups in total. The number of aromatic nitrogens is 3. The van der Waals surface area contributed by atoms with Crippen molar-refractivity contribution in [1.82, 2.24) is 20.3 Å². The van der Waals surface area contributed by atoms with Crippen LogP contribution in [-0.2, 0) is 6.42 Å². The third kappa shape index (κ3) is 2.86. The summed E-state index contributed by atoms with van der Waals surface area (Å²) in [7, 11) is 0. The summed E-state index contributed by atoms with van der Waals surface area (Å²) in [5.41, 5.74) is 1.79. The van der Waals surface area contributed by atoms with Gasteiger partial charge in [0.05, 0.1) is 22.8 Å². The Morgan fingerprint density at radius 1 is 1.32 bits per heavy atom. The minimum Gasteiger partial charge on any atom is -0.317 e. The van der Waals surface area contributed by atoms with Crippen LogP contribution in [0.4, 0.5) is 11.4 Å². The summed E-state index contributed by atoms with van der Waals surface area (Å²) in [6, 6.07) is 4.90. The second-order valence-electron chi connectivity index (χ2n) is 6.34. The first kappa shape index (κ1) is 15.7. The van der Waals surface area contributed by atoms with Crippen LogP contribution in [0.5, 0.6) is 0 Å². The minimum atomic E-state index is -0.450. The van der Waals surface area contributed by atoms with Crippen molar-refractivity contribution in [3.63, 3.8) is 0 Å². The molecule has 2 aliphatic heterocycles. The van der Waals surface area contributed by atoms with E-state index in [4.69, 9.17) is 0 Å². The van der Waals surface area contributed by atoms with E-state index in [0.717, 1.165) is 31.5 Å². The van der Waals surface area contributed by atoms with Crippen LogP contribution in [0.15, 0.2) is 24.4 Å². The van der Waals surface area contributed by atoms with Gasteiger partial charge in [0.2, 0.25) is 0 Å². The highest BCUT2D eigenvalue weighted by atomic mass is 16.6. The van der Waals surface area contributed by atoms with Gasteiger partial charge in [-0.05, 0) is 37.9 Å². The molecule has 1 aromatic heterocycles. The lowest BCUT2D eigenvalue weighted by Crippen LogP contribution is -2.30. The smallest absolute Gasteiger partial charge is 0.280 e. The number of rotatable bonds is 3. The molecular formula is C16H18N6O3. The van der Waals surface area contributed by atoms with E-state index in [1.54, 1.807) is 21.8 Å². The molecule has 0 atom stereocenters. The zero-order valence-electron chi connectivity index (χ0n) is 13.6. The zero-order valence-corrected chi connectivity index (χ0v) is 13.6. The summed E-state index contributed by atoms with van der Waals surface area (Å²) in [5.74, 6) is -0.264. The van der Waals surface area contributed by atoms with Crippen LogP contribution in [-0.4, -0.2) is 45.5 Å². The molecule has 3 heterocycles. The van der Waals surface area contributed by atoms with Gasteiger partial charge in [0.1, 0.15) is 0 Å². The van der Waals surface area contributed by atoms with Gasteiger partial charge in [-0.15, -0.1) is 5.10 Å². The van der Waals surface area contributed by atoms with Crippen molar-refractivity contribution in [2.24, 2.45) is 0 Å². The summed E-state index contributed by atoms with van der Waals surface area (Å²) in [4.78, 5) is 24.9. The number of nitrogens with one attached hydrogen (secondary N) is 1.